The molecule has 2 aliphatic heterocycles. The van der Waals surface area contributed by atoms with Gasteiger partial charge in [-0.25, -0.2) is 19.6 Å². The van der Waals surface area contributed by atoms with Crippen LogP contribution in [0.3, 0.4) is 0 Å². The first-order chi connectivity index (χ1) is 11.7. The van der Waals surface area contributed by atoms with E-state index >= 15 is 0 Å². The van der Waals surface area contributed by atoms with E-state index < -0.39 is 5.97 Å². The van der Waals surface area contributed by atoms with Crippen LogP contribution < -0.4 is 15.1 Å². The highest BCUT2D eigenvalue weighted by Crippen LogP contribution is 2.39. The van der Waals surface area contributed by atoms with Gasteiger partial charge in [-0.1, -0.05) is 0 Å². The fourth-order valence-electron chi connectivity index (χ4n) is 3.13. The number of ether oxygens (including phenoxy) is 1. The van der Waals surface area contributed by atoms with Crippen molar-refractivity contribution in [3.63, 3.8) is 0 Å². The molecular weight excluding hydrogens is 330 g/mol. The van der Waals surface area contributed by atoms with E-state index in [1.165, 1.54) is 18.4 Å². The van der Waals surface area contributed by atoms with Crippen molar-refractivity contribution in [3.8, 4) is 0 Å². The Morgan fingerprint density at radius 3 is 3.04 bits per heavy atom. The third-order valence-corrected chi connectivity index (χ3v) is 4.90. The Labute approximate surface area is 142 Å². The van der Waals surface area contributed by atoms with Crippen LogP contribution in [0.15, 0.2) is 23.7 Å². The van der Waals surface area contributed by atoms with E-state index in [1.807, 2.05) is 6.07 Å². The Balaban J connectivity index is 1.72. The number of methoxy groups -OCH3 is 1. The average molecular weight is 345 g/mol. The summed E-state index contributed by atoms with van der Waals surface area (Å²) in [4.78, 5) is 36.8. The van der Waals surface area contributed by atoms with Crippen LogP contribution in [-0.2, 0) is 4.74 Å². The summed E-state index contributed by atoms with van der Waals surface area (Å²) in [7, 11) is 1.31. The van der Waals surface area contributed by atoms with E-state index in [-0.39, 0.29) is 17.8 Å². The minimum absolute atomic E-state index is 0.0258. The first-order valence-corrected chi connectivity index (χ1v) is 8.39. The van der Waals surface area contributed by atoms with Crippen molar-refractivity contribution in [2.24, 2.45) is 0 Å². The summed E-state index contributed by atoms with van der Waals surface area (Å²) in [5, 5.41) is 5.13. The number of rotatable bonds is 2. The summed E-state index contributed by atoms with van der Waals surface area (Å²) in [6.45, 7) is 1.62. The molecule has 2 bridgehead atoms. The number of amides is 2. The standard InChI is InChI=1S/C15H15N5O3S/c1-23-13(21)10-2-3-11-12(17-10)20(9-4-6-19(11)8-9)15(22)18-14-16-5-7-24-14/h2-3,5,7,9H,4,6,8H2,1H3,(H,16,18,22)/t9-/m0/s1. The Morgan fingerprint density at radius 1 is 1.42 bits per heavy atom. The van der Waals surface area contributed by atoms with E-state index in [0.29, 0.717) is 10.9 Å². The van der Waals surface area contributed by atoms with Gasteiger partial charge in [-0.2, -0.15) is 0 Å². The van der Waals surface area contributed by atoms with Crippen molar-refractivity contribution in [1.82, 2.24) is 9.97 Å². The molecule has 124 valence electrons. The Morgan fingerprint density at radius 2 is 2.29 bits per heavy atom. The van der Waals surface area contributed by atoms with Gasteiger partial charge in [0.1, 0.15) is 0 Å². The van der Waals surface area contributed by atoms with Crippen molar-refractivity contribution >= 4 is 40.0 Å². The predicted molar refractivity (Wildman–Crippen MR) is 89.8 cm³/mol. The highest BCUT2D eigenvalue weighted by molar-refractivity contribution is 7.13. The van der Waals surface area contributed by atoms with Gasteiger partial charge >= 0.3 is 12.0 Å². The molecule has 0 aromatic carbocycles. The molecule has 0 saturated carbocycles. The minimum atomic E-state index is -0.522. The van der Waals surface area contributed by atoms with Gasteiger partial charge in [0, 0.05) is 24.7 Å². The zero-order valence-corrected chi connectivity index (χ0v) is 13.7. The number of pyridine rings is 1. The van der Waals surface area contributed by atoms with Crippen LogP contribution in [0.4, 0.5) is 21.4 Å². The van der Waals surface area contributed by atoms with Gasteiger partial charge in [-0.15, -0.1) is 11.3 Å². The maximum Gasteiger partial charge on any atom is 0.356 e. The number of nitrogens with zero attached hydrogens (tertiary/aromatic N) is 4. The molecule has 1 atom stereocenters. The van der Waals surface area contributed by atoms with Crippen molar-refractivity contribution < 1.29 is 14.3 Å². The fourth-order valence-corrected chi connectivity index (χ4v) is 3.65. The second-order valence-corrected chi connectivity index (χ2v) is 6.45. The molecule has 0 aliphatic carbocycles. The first kappa shape index (κ1) is 14.9. The van der Waals surface area contributed by atoms with Crippen LogP contribution >= 0.6 is 11.3 Å². The Kier molecular flexibility index (Phi) is 3.57. The van der Waals surface area contributed by atoms with Crippen LogP contribution in [0, 0.1) is 0 Å². The van der Waals surface area contributed by atoms with E-state index in [9.17, 15) is 9.59 Å². The van der Waals surface area contributed by atoms with Crippen molar-refractivity contribution in [2.45, 2.75) is 12.5 Å². The molecule has 2 aromatic rings. The van der Waals surface area contributed by atoms with Crippen molar-refractivity contribution in [3.05, 3.63) is 29.4 Å². The summed E-state index contributed by atoms with van der Waals surface area (Å²) in [6.07, 6.45) is 2.49. The van der Waals surface area contributed by atoms with Crippen LogP contribution in [0.25, 0.3) is 0 Å². The number of anilines is 3. The lowest BCUT2D eigenvalue weighted by atomic mass is 10.2. The molecule has 4 heterocycles. The minimum Gasteiger partial charge on any atom is -0.464 e. The number of carbonyl (C=O) groups is 2. The molecule has 24 heavy (non-hydrogen) atoms. The van der Waals surface area contributed by atoms with Gasteiger partial charge in [0.2, 0.25) is 0 Å². The molecule has 2 aromatic heterocycles. The molecule has 2 aliphatic rings. The zero-order chi connectivity index (χ0) is 16.7. The maximum atomic E-state index is 12.8. The molecule has 4 rings (SSSR count). The number of aromatic nitrogens is 2. The summed E-state index contributed by atoms with van der Waals surface area (Å²) in [5.41, 5.74) is 1.04. The first-order valence-electron chi connectivity index (χ1n) is 7.51. The molecule has 1 fully saturated rings. The Hall–Kier alpha value is -2.68. The van der Waals surface area contributed by atoms with Gasteiger partial charge in [-0.3, -0.25) is 10.2 Å². The van der Waals surface area contributed by atoms with Crippen molar-refractivity contribution in [2.75, 3.05) is 35.3 Å². The van der Waals surface area contributed by atoms with Crippen LogP contribution in [-0.4, -0.2) is 48.2 Å². The third-order valence-electron chi connectivity index (χ3n) is 4.21. The summed E-state index contributed by atoms with van der Waals surface area (Å²) in [6, 6.07) is 3.19. The second kappa shape index (κ2) is 5.75. The average Bonchev–Trinajstić information content (AvgIpc) is 3.25. The normalized spacial score (nSPS) is 18.3. The maximum absolute atomic E-state index is 12.8. The number of hydrogen-bond donors (Lipinski definition) is 1. The van der Waals surface area contributed by atoms with E-state index in [2.05, 4.69) is 20.2 Å². The quantitative estimate of drug-likeness (QED) is 0.837. The monoisotopic (exact) mass is 345 g/mol. The van der Waals surface area contributed by atoms with Gasteiger partial charge in [0.05, 0.1) is 18.8 Å². The molecule has 9 heteroatoms. The molecule has 1 saturated heterocycles. The molecule has 8 nitrogen and oxygen atoms in total. The second-order valence-electron chi connectivity index (χ2n) is 5.56. The number of esters is 1. The van der Waals surface area contributed by atoms with Crippen LogP contribution in [0.2, 0.25) is 0 Å². The van der Waals surface area contributed by atoms with E-state index in [0.717, 1.165) is 25.2 Å². The number of fused-ring (bicyclic) bond motifs is 4. The molecule has 2 amide bonds. The smallest absolute Gasteiger partial charge is 0.356 e. The van der Waals surface area contributed by atoms with Gasteiger partial charge in [0.25, 0.3) is 0 Å². The largest absolute Gasteiger partial charge is 0.464 e. The van der Waals surface area contributed by atoms with E-state index in [4.69, 9.17) is 4.74 Å². The Bertz CT molecular complexity index is 794. The lowest BCUT2D eigenvalue weighted by Crippen LogP contribution is -2.48. The van der Waals surface area contributed by atoms with Gasteiger partial charge < -0.3 is 9.64 Å². The lowest BCUT2D eigenvalue weighted by Gasteiger charge is -2.35. The van der Waals surface area contributed by atoms with E-state index in [1.54, 1.807) is 22.5 Å². The van der Waals surface area contributed by atoms with Gasteiger partial charge in [-0.05, 0) is 18.6 Å². The molecular formula is C15H15N5O3S. The zero-order valence-electron chi connectivity index (χ0n) is 12.9. The molecule has 1 N–H and O–H groups in total. The molecule has 0 radical (unpaired) electrons. The SMILES string of the molecule is COC(=O)c1ccc2c(n1)N(C(=O)Nc1nccs1)[C@H]1CCN2C1. The van der Waals surface area contributed by atoms with Gasteiger partial charge in [0.15, 0.2) is 16.6 Å². The van der Waals surface area contributed by atoms with Crippen LogP contribution in [0.1, 0.15) is 16.9 Å². The third kappa shape index (κ3) is 2.37. The summed E-state index contributed by atoms with van der Waals surface area (Å²) < 4.78 is 4.74. The number of carbonyl (C=O) groups excluding carboxylic acids is 2. The fraction of sp³-hybridized carbons (Fsp3) is 0.333. The molecule has 0 spiro atoms. The highest BCUT2D eigenvalue weighted by Gasteiger charge is 2.40. The number of thiazole rings is 1. The number of urea groups is 1. The number of hydrogen-bond acceptors (Lipinski definition) is 7. The predicted octanol–water partition coefficient (Wildman–Crippen LogP) is 1.96. The van der Waals surface area contributed by atoms with Crippen molar-refractivity contribution in [1.29, 1.82) is 0 Å². The topological polar surface area (TPSA) is 87.7 Å². The lowest BCUT2D eigenvalue weighted by molar-refractivity contribution is 0.0594. The molecule has 0 unspecified atom stereocenters. The summed E-state index contributed by atoms with van der Waals surface area (Å²) in [5.74, 6) is -0.0355. The van der Waals surface area contributed by atoms with Crippen LogP contribution in [0.5, 0.6) is 0 Å². The summed E-state index contributed by atoms with van der Waals surface area (Å²) >= 11 is 1.35. The highest BCUT2D eigenvalue weighted by atomic mass is 32.1. The number of nitrogens with one attached hydrogen (secondary N) is 1.